The molecule has 0 saturated carbocycles. The highest BCUT2D eigenvalue weighted by Crippen LogP contribution is 2.27. The van der Waals surface area contributed by atoms with Crippen molar-refractivity contribution in [1.82, 2.24) is 4.98 Å². The molecule has 0 spiro atoms. The molecule has 2 heterocycles. The van der Waals surface area contributed by atoms with E-state index in [9.17, 15) is 5.11 Å². The van der Waals surface area contributed by atoms with Crippen LogP contribution in [0.4, 0.5) is 0 Å². The Labute approximate surface area is 106 Å². The highest BCUT2D eigenvalue weighted by molar-refractivity contribution is 5.82. The first kappa shape index (κ1) is 11.2. The van der Waals surface area contributed by atoms with E-state index in [4.69, 9.17) is 4.74 Å². The molecule has 0 aliphatic carbocycles. The molecule has 3 rings (SSSR count). The van der Waals surface area contributed by atoms with Gasteiger partial charge in [-0.3, -0.25) is 0 Å². The van der Waals surface area contributed by atoms with Crippen LogP contribution in [-0.2, 0) is 4.74 Å². The van der Waals surface area contributed by atoms with E-state index < -0.39 is 6.10 Å². The van der Waals surface area contributed by atoms with Crippen LogP contribution in [0.25, 0.3) is 10.9 Å². The molecule has 18 heavy (non-hydrogen) atoms. The van der Waals surface area contributed by atoms with Gasteiger partial charge in [0, 0.05) is 11.8 Å². The fraction of sp³-hybridized carbons (Fsp3) is 0.267. The van der Waals surface area contributed by atoms with Gasteiger partial charge in [0.25, 0.3) is 0 Å². The van der Waals surface area contributed by atoms with Crippen LogP contribution in [0.3, 0.4) is 0 Å². The zero-order chi connectivity index (χ0) is 12.5. The van der Waals surface area contributed by atoms with Crippen molar-refractivity contribution in [1.29, 1.82) is 0 Å². The number of hydrogen-bond donors (Lipinski definition) is 1. The Morgan fingerprint density at radius 1 is 1.33 bits per heavy atom. The molecule has 1 unspecified atom stereocenters. The lowest BCUT2D eigenvalue weighted by Crippen LogP contribution is -2.05. The number of aryl methyl sites for hydroxylation is 1. The molecule has 0 radical (unpaired) electrons. The highest BCUT2D eigenvalue weighted by atomic mass is 16.5. The van der Waals surface area contributed by atoms with Crippen molar-refractivity contribution >= 4 is 10.9 Å². The minimum atomic E-state index is -0.754. The summed E-state index contributed by atoms with van der Waals surface area (Å²) in [6, 6.07) is 9.88. The molecular weight excluding hydrogens is 226 g/mol. The third kappa shape index (κ3) is 1.87. The van der Waals surface area contributed by atoms with Gasteiger partial charge in [0.15, 0.2) is 6.10 Å². The lowest BCUT2D eigenvalue weighted by molar-refractivity contribution is 0.116. The van der Waals surface area contributed by atoms with Gasteiger partial charge in [-0.25, -0.2) is 4.98 Å². The van der Waals surface area contributed by atoms with Gasteiger partial charge >= 0.3 is 0 Å². The summed E-state index contributed by atoms with van der Waals surface area (Å²) >= 11 is 0. The molecule has 1 aliphatic heterocycles. The summed E-state index contributed by atoms with van der Waals surface area (Å²) in [4.78, 5) is 4.51. The number of benzene rings is 1. The van der Waals surface area contributed by atoms with E-state index in [1.807, 2.05) is 43.3 Å². The number of aliphatic hydroxyl groups is 1. The van der Waals surface area contributed by atoms with Crippen LogP contribution in [0.2, 0.25) is 0 Å². The zero-order valence-corrected chi connectivity index (χ0v) is 10.3. The molecule has 3 nitrogen and oxygen atoms in total. The van der Waals surface area contributed by atoms with Gasteiger partial charge in [0.2, 0.25) is 0 Å². The second-order valence-corrected chi connectivity index (χ2v) is 4.53. The van der Waals surface area contributed by atoms with Crippen molar-refractivity contribution in [3.05, 3.63) is 53.4 Å². The topological polar surface area (TPSA) is 42.4 Å². The van der Waals surface area contributed by atoms with Crippen molar-refractivity contribution < 1.29 is 9.84 Å². The predicted octanol–water partition coefficient (Wildman–Crippen LogP) is 2.88. The average molecular weight is 241 g/mol. The van der Waals surface area contributed by atoms with Gasteiger partial charge in [0.05, 0.1) is 17.8 Å². The fourth-order valence-electron chi connectivity index (χ4n) is 2.29. The van der Waals surface area contributed by atoms with Crippen molar-refractivity contribution in [3.8, 4) is 0 Å². The number of para-hydroxylation sites is 1. The monoisotopic (exact) mass is 241 g/mol. The molecule has 1 aromatic heterocycles. The molecular formula is C15H15NO2. The summed E-state index contributed by atoms with van der Waals surface area (Å²) in [6.07, 6.45) is 2.03. The number of hydrogen-bond acceptors (Lipinski definition) is 3. The van der Waals surface area contributed by atoms with E-state index in [0.717, 1.165) is 22.9 Å². The van der Waals surface area contributed by atoms with E-state index in [0.29, 0.717) is 18.1 Å². The van der Waals surface area contributed by atoms with E-state index in [1.165, 1.54) is 0 Å². The number of aromatic nitrogens is 1. The summed E-state index contributed by atoms with van der Waals surface area (Å²) in [5, 5.41) is 11.4. The zero-order valence-electron chi connectivity index (χ0n) is 10.3. The second-order valence-electron chi connectivity index (χ2n) is 4.53. The maximum Gasteiger partial charge on any atom is 0.152 e. The maximum atomic E-state index is 10.2. The van der Waals surface area contributed by atoms with Crippen molar-refractivity contribution in [2.45, 2.75) is 19.4 Å². The minimum Gasteiger partial charge on any atom is -0.495 e. The molecule has 1 atom stereocenters. The van der Waals surface area contributed by atoms with Crippen LogP contribution in [0, 0.1) is 6.92 Å². The van der Waals surface area contributed by atoms with E-state index in [2.05, 4.69) is 4.98 Å². The quantitative estimate of drug-likeness (QED) is 0.879. The van der Waals surface area contributed by atoms with E-state index >= 15 is 0 Å². The normalized spacial score (nSPS) is 16.4. The Bertz CT molecular complexity index is 619. The van der Waals surface area contributed by atoms with Gasteiger partial charge < -0.3 is 9.84 Å². The SMILES string of the molecule is Cc1cc(C(O)C2=CCCO2)nc2ccccc12. The van der Waals surface area contributed by atoms with Gasteiger partial charge in [0.1, 0.15) is 5.76 Å². The Kier molecular flexibility index (Phi) is 2.76. The lowest BCUT2D eigenvalue weighted by atomic mass is 10.1. The van der Waals surface area contributed by atoms with Crippen molar-refractivity contribution in [3.63, 3.8) is 0 Å². The standard InChI is InChI=1S/C15H15NO2/c1-10-9-13(15(17)14-7-4-8-18-14)16-12-6-3-2-5-11(10)12/h2-3,5-7,9,15,17H,4,8H2,1H3. The molecule has 2 aromatic rings. The van der Waals surface area contributed by atoms with Gasteiger partial charge in [-0.05, 0) is 30.7 Å². The third-order valence-electron chi connectivity index (χ3n) is 3.22. The largest absolute Gasteiger partial charge is 0.495 e. The molecule has 1 aliphatic rings. The van der Waals surface area contributed by atoms with Crippen molar-refractivity contribution in [2.75, 3.05) is 6.61 Å². The smallest absolute Gasteiger partial charge is 0.152 e. The molecule has 0 saturated heterocycles. The number of rotatable bonds is 2. The number of aliphatic hydroxyl groups excluding tert-OH is 1. The highest BCUT2D eigenvalue weighted by Gasteiger charge is 2.20. The van der Waals surface area contributed by atoms with Crippen LogP contribution in [-0.4, -0.2) is 16.7 Å². The lowest BCUT2D eigenvalue weighted by Gasteiger charge is -2.13. The Hall–Kier alpha value is -1.87. The molecule has 1 aromatic carbocycles. The first-order valence-electron chi connectivity index (χ1n) is 6.13. The van der Waals surface area contributed by atoms with Crippen LogP contribution in [0.1, 0.15) is 23.8 Å². The summed E-state index contributed by atoms with van der Waals surface area (Å²) in [7, 11) is 0. The number of nitrogens with zero attached hydrogens (tertiary/aromatic N) is 1. The van der Waals surface area contributed by atoms with Crippen LogP contribution < -0.4 is 0 Å². The Balaban J connectivity index is 2.07. The van der Waals surface area contributed by atoms with E-state index in [1.54, 1.807) is 0 Å². The molecule has 0 fully saturated rings. The molecule has 0 bridgehead atoms. The van der Waals surface area contributed by atoms with Gasteiger partial charge in [-0.15, -0.1) is 0 Å². The van der Waals surface area contributed by atoms with Crippen LogP contribution >= 0.6 is 0 Å². The van der Waals surface area contributed by atoms with Crippen LogP contribution in [0.5, 0.6) is 0 Å². The minimum absolute atomic E-state index is 0.622. The predicted molar refractivity (Wildman–Crippen MR) is 70.1 cm³/mol. The van der Waals surface area contributed by atoms with Crippen LogP contribution in [0.15, 0.2) is 42.2 Å². The first-order valence-corrected chi connectivity index (χ1v) is 6.13. The number of fused-ring (bicyclic) bond motifs is 1. The molecule has 1 N–H and O–H groups in total. The summed E-state index contributed by atoms with van der Waals surface area (Å²) in [5.74, 6) is 0.622. The third-order valence-corrected chi connectivity index (χ3v) is 3.22. The molecule has 0 amide bonds. The number of pyridine rings is 1. The van der Waals surface area contributed by atoms with Gasteiger partial charge in [-0.1, -0.05) is 18.2 Å². The van der Waals surface area contributed by atoms with Gasteiger partial charge in [-0.2, -0.15) is 0 Å². The average Bonchev–Trinajstić information content (AvgIpc) is 2.91. The summed E-state index contributed by atoms with van der Waals surface area (Å²) < 4.78 is 5.39. The maximum absolute atomic E-state index is 10.2. The first-order chi connectivity index (χ1) is 8.75. The summed E-state index contributed by atoms with van der Waals surface area (Å²) in [5.41, 5.74) is 2.68. The molecule has 3 heteroatoms. The Morgan fingerprint density at radius 3 is 2.94 bits per heavy atom. The van der Waals surface area contributed by atoms with E-state index in [-0.39, 0.29) is 0 Å². The van der Waals surface area contributed by atoms with Crippen molar-refractivity contribution in [2.24, 2.45) is 0 Å². The molecule has 92 valence electrons. The fourth-order valence-corrected chi connectivity index (χ4v) is 2.29. The summed E-state index contributed by atoms with van der Waals surface area (Å²) in [6.45, 7) is 2.68. The second kappa shape index (κ2) is 4.42. The number of ether oxygens (including phenoxy) is 1. The Morgan fingerprint density at radius 2 is 2.17 bits per heavy atom.